The minimum absolute atomic E-state index is 0. The van der Waals surface area contributed by atoms with Gasteiger partial charge in [0.25, 0.3) is 0 Å². The Morgan fingerprint density at radius 2 is 1.68 bits per heavy atom. The molecule has 3 nitrogen and oxygen atoms in total. The number of fused-ring (bicyclic) bond motifs is 2. The molecule has 163 valence electrons. The Bertz CT molecular complexity index is 1190. The van der Waals surface area contributed by atoms with Gasteiger partial charge in [-0.3, -0.25) is 0 Å². The van der Waals surface area contributed by atoms with Crippen molar-refractivity contribution in [2.24, 2.45) is 0 Å². The Kier molecular flexibility index (Phi) is 7.58. The van der Waals surface area contributed by atoms with Crippen LogP contribution in [0.25, 0.3) is 33.4 Å². The second-order valence-corrected chi connectivity index (χ2v) is 7.46. The molecule has 2 aromatic rings. The summed E-state index contributed by atoms with van der Waals surface area (Å²) in [5.74, 6) is 0.913. The number of hydrogen-bond donors (Lipinski definition) is 0. The number of nitrogens with zero attached hydrogens (tertiary/aromatic N) is 2. The van der Waals surface area contributed by atoms with Gasteiger partial charge in [0.15, 0.2) is 0 Å². The number of hydrogen-bond acceptors (Lipinski definition) is 2. The van der Waals surface area contributed by atoms with Crippen LogP contribution < -0.4 is 14.8 Å². The monoisotopic (exact) mass is 457 g/mol. The standard InChI is InChI=1S/C27H30N2O.Co/c1-5-28(6-2)21-14-16-23-25(18-21)30-26-19-22(29(7-3)8-4)15-17-24(26)27(23)20-12-10-9-11-13-20;/h9-12,14-19H,5-8H2,1-4H3;. The SMILES string of the molecule is CCN(CC)c1ccc2c(-c3[c-]cccc3)c3ccc(=[N+](CC)CC)cc-3oc2c1.[Co]. The third-order valence-corrected chi connectivity index (χ3v) is 5.92. The first-order valence-corrected chi connectivity index (χ1v) is 11.0. The fourth-order valence-electron chi connectivity index (χ4n) is 4.28. The average molecular weight is 457 g/mol. The first-order chi connectivity index (χ1) is 14.7. The average Bonchev–Trinajstić information content (AvgIpc) is 2.79. The summed E-state index contributed by atoms with van der Waals surface area (Å²) in [6.45, 7) is 12.6. The van der Waals surface area contributed by atoms with E-state index in [0.29, 0.717) is 0 Å². The zero-order valence-electron chi connectivity index (χ0n) is 18.7. The second-order valence-electron chi connectivity index (χ2n) is 7.46. The molecule has 0 saturated heterocycles. The molecular weight excluding hydrogens is 427 g/mol. The van der Waals surface area contributed by atoms with E-state index < -0.39 is 0 Å². The van der Waals surface area contributed by atoms with Gasteiger partial charge in [0.1, 0.15) is 24.4 Å². The summed E-state index contributed by atoms with van der Waals surface area (Å²) in [5.41, 5.74) is 5.50. The van der Waals surface area contributed by atoms with Gasteiger partial charge in [-0.25, -0.2) is 4.58 Å². The van der Waals surface area contributed by atoms with E-state index in [1.54, 1.807) is 0 Å². The van der Waals surface area contributed by atoms with Gasteiger partial charge in [-0.2, -0.15) is 0 Å². The van der Waals surface area contributed by atoms with Crippen LogP contribution in [0.5, 0.6) is 0 Å². The van der Waals surface area contributed by atoms with Crippen molar-refractivity contribution >= 4 is 16.7 Å². The Morgan fingerprint density at radius 3 is 2.32 bits per heavy atom. The molecule has 0 bridgehead atoms. The summed E-state index contributed by atoms with van der Waals surface area (Å²) < 4.78 is 8.85. The molecule has 0 unspecified atom stereocenters. The predicted octanol–water partition coefficient (Wildman–Crippen LogP) is 5.66. The van der Waals surface area contributed by atoms with Crippen molar-refractivity contribution in [3.63, 3.8) is 0 Å². The first-order valence-electron chi connectivity index (χ1n) is 11.0. The first kappa shape index (κ1) is 23.1. The van der Waals surface area contributed by atoms with E-state index in [9.17, 15) is 0 Å². The summed E-state index contributed by atoms with van der Waals surface area (Å²) in [4.78, 5) is 2.35. The zero-order valence-corrected chi connectivity index (χ0v) is 19.8. The molecule has 0 saturated carbocycles. The fourth-order valence-corrected chi connectivity index (χ4v) is 4.28. The van der Waals surface area contributed by atoms with Crippen LogP contribution in [-0.2, 0) is 16.8 Å². The van der Waals surface area contributed by atoms with Crippen LogP contribution in [0.1, 0.15) is 27.7 Å². The maximum atomic E-state index is 6.50. The molecule has 31 heavy (non-hydrogen) atoms. The van der Waals surface area contributed by atoms with E-state index in [1.165, 1.54) is 16.6 Å². The molecule has 1 radical (unpaired) electrons. The molecule has 2 aliphatic rings. The van der Waals surface area contributed by atoms with Gasteiger partial charge in [-0.05, 0) is 44.7 Å². The van der Waals surface area contributed by atoms with Crippen molar-refractivity contribution in [2.75, 3.05) is 31.1 Å². The van der Waals surface area contributed by atoms with Crippen LogP contribution in [0.4, 0.5) is 5.69 Å². The number of rotatable bonds is 6. The molecule has 4 rings (SSSR count). The zero-order chi connectivity index (χ0) is 21.1. The molecule has 2 aromatic carbocycles. The topological polar surface area (TPSA) is 19.4 Å². The summed E-state index contributed by atoms with van der Waals surface area (Å²) in [7, 11) is 0. The van der Waals surface area contributed by atoms with E-state index >= 15 is 0 Å². The van der Waals surface area contributed by atoms with Crippen LogP contribution in [-0.4, -0.2) is 26.2 Å². The summed E-state index contributed by atoms with van der Waals surface area (Å²) in [6, 6.07) is 24.8. The fraction of sp³-hybridized carbons (Fsp3) is 0.296. The third kappa shape index (κ3) is 4.41. The summed E-state index contributed by atoms with van der Waals surface area (Å²) in [5, 5.41) is 2.31. The van der Waals surface area contributed by atoms with Gasteiger partial charge >= 0.3 is 0 Å². The maximum absolute atomic E-state index is 6.50. The van der Waals surface area contributed by atoms with E-state index in [1.807, 2.05) is 12.1 Å². The Morgan fingerprint density at radius 1 is 0.903 bits per heavy atom. The van der Waals surface area contributed by atoms with Gasteiger partial charge < -0.3 is 9.32 Å². The van der Waals surface area contributed by atoms with Crippen molar-refractivity contribution in [3.05, 3.63) is 72.1 Å². The van der Waals surface area contributed by atoms with E-state index in [4.69, 9.17) is 4.42 Å². The quantitative estimate of drug-likeness (QED) is 0.211. The molecular formula is C27H30CoN2O. The molecule has 0 amide bonds. The Hall–Kier alpha value is -2.56. The van der Waals surface area contributed by atoms with E-state index in [2.05, 4.69) is 91.8 Å². The molecule has 0 atom stereocenters. The molecule has 0 aromatic heterocycles. The van der Waals surface area contributed by atoms with Gasteiger partial charge in [0, 0.05) is 47.7 Å². The molecule has 1 heterocycles. The van der Waals surface area contributed by atoms with Crippen LogP contribution >= 0.6 is 0 Å². The normalized spacial score (nSPS) is 10.8. The predicted molar refractivity (Wildman–Crippen MR) is 127 cm³/mol. The minimum atomic E-state index is 0. The van der Waals surface area contributed by atoms with Gasteiger partial charge in [0.2, 0.25) is 5.36 Å². The minimum Gasteiger partial charge on any atom is -0.457 e. The van der Waals surface area contributed by atoms with Crippen molar-refractivity contribution in [2.45, 2.75) is 27.7 Å². The van der Waals surface area contributed by atoms with Crippen LogP contribution in [0.3, 0.4) is 0 Å². The maximum Gasteiger partial charge on any atom is 0.203 e. The van der Waals surface area contributed by atoms with Crippen molar-refractivity contribution in [1.29, 1.82) is 0 Å². The summed E-state index contributed by atoms with van der Waals surface area (Å²) in [6.07, 6.45) is 0. The largest absolute Gasteiger partial charge is 0.457 e. The van der Waals surface area contributed by atoms with Gasteiger partial charge in [-0.1, -0.05) is 17.7 Å². The van der Waals surface area contributed by atoms with Gasteiger partial charge in [-0.15, -0.1) is 35.9 Å². The van der Waals surface area contributed by atoms with E-state index in [0.717, 1.165) is 54.0 Å². The molecule has 0 N–H and O–H groups in total. The smallest absolute Gasteiger partial charge is 0.203 e. The molecule has 1 aliphatic heterocycles. The molecule has 0 spiro atoms. The van der Waals surface area contributed by atoms with Crippen LogP contribution in [0.2, 0.25) is 0 Å². The number of anilines is 1. The second kappa shape index (κ2) is 10.2. The molecule has 4 heteroatoms. The Labute approximate surface area is 195 Å². The third-order valence-electron chi connectivity index (χ3n) is 5.92. The van der Waals surface area contributed by atoms with Crippen molar-refractivity contribution in [1.82, 2.24) is 4.58 Å². The Balaban J connectivity index is 0.00000272. The van der Waals surface area contributed by atoms with Crippen LogP contribution in [0.15, 0.2) is 65.1 Å². The van der Waals surface area contributed by atoms with Crippen LogP contribution in [0, 0.1) is 6.07 Å². The molecule has 0 fully saturated rings. The summed E-state index contributed by atoms with van der Waals surface area (Å²) >= 11 is 0. The number of benzene rings is 3. The van der Waals surface area contributed by atoms with E-state index in [-0.39, 0.29) is 16.8 Å². The van der Waals surface area contributed by atoms with Gasteiger partial charge in [0.05, 0.1) is 6.07 Å². The van der Waals surface area contributed by atoms with Crippen molar-refractivity contribution in [3.8, 4) is 22.5 Å². The van der Waals surface area contributed by atoms with Crippen molar-refractivity contribution < 1.29 is 21.2 Å². The molecule has 1 aliphatic carbocycles.